The van der Waals surface area contributed by atoms with Crippen LogP contribution in [0.4, 0.5) is 5.69 Å². The van der Waals surface area contributed by atoms with Crippen LogP contribution in [0.15, 0.2) is 12.4 Å². The number of hydrogen-bond acceptors (Lipinski definition) is 3. The maximum atomic E-state index is 9.30. The first-order chi connectivity index (χ1) is 7.50. The van der Waals surface area contributed by atoms with Crippen LogP contribution in [0.1, 0.15) is 40.2 Å². The summed E-state index contributed by atoms with van der Waals surface area (Å²) < 4.78 is 1.92. The smallest absolute Gasteiger partial charge is 0.0726 e. The van der Waals surface area contributed by atoms with E-state index in [2.05, 4.69) is 38.1 Å². The first kappa shape index (κ1) is 13.0. The lowest BCUT2D eigenvalue weighted by atomic mass is 9.89. The van der Waals surface area contributed by atoms with Crippen molar-refractivity contribution in [1.82, 2.24) is 9.78 Å². The minimum Gasteiger partial charge on any atom is -0.396 e. The fraction of sp³-hybridized carbons (Fsp3) is 0.750. The highest BCUT2D eigenvalue weighted by Gasteiger charge is 2.20. The Morgan fingerprint density at radius 2 is 2.25 bits per heavy atom. The Labute approximate surface area is 97.7 Å². The summed E-state index contributed by atoms with van der Waals surface area (Å²) in [5.41, 5.74) is 0.960. The molecule has 16 heavy (non-hydrogen) atoms. The summed E-state index contributed by atoms with van der Waals surface area (Å²) in [6.45, 7) is 9.34. The van der Waals surface area contributed by atoms with E-state index in [-0.39, 0.29) is 12.0 Å². The molecule has 0 bridgehead atoms. The van der Waals surface area contributed by atoms with E-state index in [1.807, 2.05) is 17.1 Å². The van der Waals surface area contributed by atoms with E-state index in [0.717, 1.165) is 18.7 Å². The van der Waals surface area contributed by atoms with Gasteiger partial charge in [-0.05, 0) is 20.3 Å². The first-order valence-corrected chi connectivity index (χ1v) is 5.89. The van der Waals surface area contributed by atoms with Crippen molar-refractivity contribution >= 4 is 5.69 Å². The van der Waals surface area contributed by atoms with Gasteiger partial charge in [-0.1, -0.05) is 13.8 Å². The second kappa shape index (κ2) is 5.34. The second-order valence-electron chi connectivity index (χ2n) is 4.98. The monoisotopic (exact) mass is 225 g/mol. The molecule has 0 aliphatic rings. The molecule has 0 aromatic carbocycles. The molecule has 1 aromatic heterocycles. The van der Waals surface area contributed by atoms with Crippen molar-refractivity contribution in [3.8, 4) is 0 Å². The Balaban J connectivity index is 2.54. The molecule has 0 aliphatic carbocycles. The highest BCUT2D eigenvalue weighted by Crippen LogP contribution is 2.21. The lowest BCUT2D eigenvalue weighted by molar-refractivity contribution is 0.149. The van der Waals surface area contributed by atoms with E-state index in [4.69, 9.17) is 0 Å². The largest absolute Gasteiger partial charge is 0.396 e. The molecule has 0 spiro atoms. The lowest BCUT2D eigenvalue weighted by Crippen LogP contribution is -2.29. The molecule has 4 heteroatoms. The van der Waals surface area contributed by atoms with Crippen LogP contribution in [-0.2, 0) is 0 Å². The average Bonchev–Trinajstić information content (AvgIpc) is 2.75. The fourth-order valence-corrected chi connectivity index (χ4v) is 1.32. The Hall–Kier alpha value is -1.03. The Kier molecular flexibility index (Phi) is 4.35. The van der Waals surface area contributed by atoms with Crippen LogP contribution in [-0.4, -0.2) is 28.0 Å². The molecule has 1 heterocycles. The van der Waals surface area contributed by atoms with Gasteiger partial charge in [0.15, 0.2) is 0 Å². The third-order valence-electron chi connectivity index (χ3n) is 3.09. The van der Waals surface area contributed by atoms with Crippen molar-refractivity contribution < 1.29 is 5.11 Å². The lowest BCUT2D eigenvalue weighted by Gasteiger charge is -2.25. The third-order valence-corrected chi connectivity index (χ3v) is 3.09. The zero-order valence-electron chi connectivity index (χ0n) is 10.7. The van der Waals surface area contributed by atoms with Crippen molar-refractivity contribution in [3.63, 3.8) is 0 Å². The van der Waals surface area contributed by atoms with Gasteiger partial charge in [0.05, 0.1) is 18.5 Å². The average molecular weight is 225 g/mol. The zero-order chi connectivity index (χ0) is 12.2. The molecule has 0 radical (unpaired) electrons. The molecular formula is C12H23N3O. The summed E-state index contributed by atoms with van der Waals surface area (Å²) in [7, 11) is 0. The van der Waals surface area contributed by atoms with Crippen LogP contribution < -0.4 is 5.32 Å². The van der Waals surface area contributed by atoms with Crippen LogP contribution in [0.5, 0.6) is 0 Å². The zero-order valence-corrected chi connectivity index (χ0v) is 10.7. The Morgan fingerprint density at radius 1 is 1.56 bits per heavy atom. The molecule has 1 atom stereocenters. The van der Waals surface area contributed by atoms with Crippen molar-refractivity contribution in [1.29, 1.82) is 0 Å². The van der Waals surface area contributed by atoms with Crippen molar-refractivity contribution in [2.75, 3.05) is 18.5 Å². The van der Waals surface area contributed by atoms with Gasteiger partial charge < -0.3 is 10.4 Å². The number of aliphatic hydroxyl groups excluding tert-OH is 1. The van der Waals surface area contributed by atoms with Crippen LogP contribution in [0.25, 0.3) is 0 Å². The molecule has 1 unspecified atom stereocenters. The highest BCUT2D eigenvalue weighted by atomic mass is 16.3. The standard InChI is InChI=1S/C12H23N3O/c1-5-12(4,9-16)8-13-11-6-14-15(7-11)10(2)3/h6-7,10,13,16H,5,8-9H2,1-4H3. The molecule has 2 N–H and O–H groups in total. The molecule has 92 valence electrons. The van der Waals surface area contributed by atoms with Gasteiger partial charge in [-0.2, -0.15) is 5.10 Å². The summed E-state index contributed by atoms with van der Waals surface area (Å²) in [4.78, 5) is 0. The first-order valence-electron chi connectivity index (χ1n) is 5.89. The maximum absolute atomic E-state index is 9.30. The molecule has 0 amide bonds. The number of hydrogen-bond donors (Lipinski definition) is 2. The van der Waals surface area contributed by atoms with E-state index in [1.165, 1.54) is 0 Å². The number of aliphatic hydroxyl groups is 1. The SMILES string of the molecule is CCC(C)(CO)CNc1cnn(C(C)C)c1. The minimum absolute atomic E-state index is 0.0556. The van der Waals surface area contributed by atoms with Crippen LogP contribution in [0.3, 0.4) is 0 Å². The molecule has 4 nitrogen and oxygen atoms in total. The van der Waals surface area contributed by atoms with Gasteiger partial charge in [0.1, 0.15) is 0 Å². The molecule has 0 saturated carbocycles. The Morgan fingerprint density at radius 3 is 2.69 bits per heavy atom. The van der Waals surface area contributed by atoms with Gasteiger partial charge in [0.25, 0.3) is 0 Å². The summed E-state index contributed by atoms with van der Waals surface area (Å²) in [5, 5.41) is 16.9. The van der Waals surface area contributed by atoms with Crippen LogP contribution in [0.2, 0.25) is 0 Å². The number of rotatable bonds is 6. The van der Waals surface area contributed by atoms with Crippen LogP contribution >= 0.6 is 0 Å². The second-order valence-corrected chi connectivity index (χ2v) is 4.98. The normalized spacial score (nSPS) is 15.1. The van der Waals surface area contributed by atoms with Gasteiger partial charge in [0, 0.05) is 24.2 Å². The van der Waals surface area contributed by atoms with Crippen molar-refractivity contribution in [2.24, 2.45) is 5.41 Å². The molecule has 1 aromatic rings. The van der Waals surface area contributed by atoms with E-state index in [0.29, 0.717) is 6.04 Å². The number of nitrogens with one attached hydrogen (secondary N) is 1. The maximum Gasteiger partial charge on any atom is 0.0726 e. The predicted molar refractivity (Wildman–Crippen MR) is 66.6 cm³/mol. The van der Waals surface area contributed by atoms with E-state index in [1.54, 1.807) is 0 Å². The van der Waals surface area contributed by atoms with E-state index >= 15 is 0 Å². The number of aromatic nitrogens is 2. The molecule has 0 saturated heterocycles. The predicted octanol–water partition coefficient (Wildman–Crippen LogP) is 2.28. The van der Waals surface area contributed by atoms with Gasteiger partial charge in [-0.25, -0.2) is 0 Å². The third kappa shape index (κ3) is 3.23. The number of anilines is 1. The highest BCUT2D eigenvalue weighted by molar-refractivity contribution is 5.38. The molecular weight excluding hydrogens is 202 g/mol. The van der Waals surface area contributed by atoms with Gasteiger partial charge in [-0.15, -0.1) is 0 Å². The summed E-state index contributed by atoms with van der Waals surface area (Å²) in [6, 6.07) is 0.381. The number of nitrogens with zero attached hydrogens (tertiary/aromatic N) is 2. The van der Waals surface area contributed by atoms with Crippen molar-refractivity contribution in [3.05, 3.63) is 12.4 Å². The van der Waals surface area contributed by atoms with E-state index < -0.39 is 0 Å². The van der Waals surface area contributed by atoms with Gasteiger partial charge in [-0.3, -0.25) is 4.68 Å². The van der Waals surface area contributed by atoms with Gasteiger partial charge >= 0.3 is 0 Å². The van der Waals surface area contributed by atoms with E-state index in [9.17, 15) is 5.11 Å². The van der Waals surface area contributed by atoms with Crippen molar-refractivity contribution in [2.45, 2.75) is 40.2 Å². The van der Waals surface area contributed by atoms with Gasteiger partial charge in [0.2, 0.25) is 0 Å². The topological polar surface area (TPSA) is 50.1 Å². The molecule has 1 rings (SSSR count). The minimum atomic E-state index is -0.0556. The molecule has 0 aliphatic heterocycles. The summed E-state index contributed by atoms with van der Waals surface area (Å²) >= 11 is 0. The molecule has 0 fully saturated rings. The van der Waals surface area contributed by atoms with Crippen LogP contribution in [0, 0.1) is 5.41 Å². The Bertz CT molecular complexity index is 316. The summed E-state index contributed by atoms with van der Waals surface area (Å²) in [5.74, 6) is 0. The summed E-state index contributed by atoms with van der Waals surface area (Å²) in [6.07, 6.45) is 4.78. The quantitative estimate of drug-likeness (QED) is 0.781. The fourth-order valence-electron chi connectivity index (χ4n) is 1.32.